The number of carbonyl (C=O) groups excluding carboxylic acids is 1. The second kappa shape index (κ2) is 5.89. The van der Waals surface area contributed by atoms with Crippen LogP contribution in [0.1, 0.15) is 51.5 Å². The van der Waals surface area contributed by atoms with E-state index >= 15 is 0 Å². The number of piperidine rings is 2. The van der Waals surface area contributed by atoms with E-state index in [-0.39, 0.29) is 22.9 Å². The average molecular weight is 349 g/mol. The number of carbonyl (C=O) groups is 1. The summed E-state index contributed by atoms with van der Waals surface area (Å²) >= 11 is 0. The topological polar surface area (TPSA) is 84.4 Å². The van der Waals surface area contributed by atoms with E-state index in [0.29, 0.717) is 11.5 Å². The smallest absolute Gasteiger partial charge is 0.328 e. The Hall–Kier alpha value is -1.25. The van der Waals surface area contributed by atoms with Crippen LogP contribution >= 0.6 is 0 Å². The molecule has 4 saturated heterocycles. The number of hydrogen-bond donors (Lipinski definition) is 2. The third kappa shape index (κ3) is 2.41. The van der Waals surface area contributed by atoms with Gasteiger partial charge >= 0.3 is 5.88 Å². The molecule has 5 heterocycles. The zero-order chi connectivity index (χ0) is 17.8. The Morgan fingerprint density at radius 3 is 2.08 bits per heavy atom. The Morgan fingerprint density at radius 2 is 1.68 bits per heavy atom. The van der Waals surface area contributed by atoms with Crippen molar-refractivity contribution in [3.05, 3.63) is 23.1 Å². The number of quaternary nitrogens is 1. The van der Waals surface area contributed by atoms with Gasteiger partial charge in [0.1, 0.15) is 17.7 Å². The maximum Gasteiger partial charge on any atom is 0.328 e. The van der Waals surface area contributed by atoms with Gasteiger partial charge in [-0.25, -0.2) is 5.21 Å². The lowest BCUT2D eigenvalue weighted by Gasteiger charge is -2.65. The SMILES string of the molecule is CCCC12CN3CC(CCC)(CN(C1)C3c1ccc([NH+]([O-])O)o1)C2=O. The average Bonchev–Trinajstić information content (AvgIpc) is 3.02. The van der Waals surface area contributed by atoms with Crippen molar-refractivity contribution in [3.63, 3.8) is 0 Å². The van der Waals surface area contributed by atoms with E-state index in [1.165, 1.54) is 6.07 Å². The van der Waals surface area contributed by atoms with Crippen molar-refractivity contribution in [2.45, 2.75) is 45.7 Å². The highest BCUT2D eigenvalue weighted by Crippen LogP contribution is 2.55. The first-order valence-corrected chi connectivity index (χ1v) is 9.31. The summed E-state index contributed by atoms with van der Waals surface area (Å²) < 4.78 is 5.62. The minimum atomic E-state index is -1.04. The summed E-state index contributed by atoms with van der Waals surface area (Å²) in [5.74, 6) is 1.14. The highest BCUT2D eigenvalue weighted by molar-refractivity contribution is 5.93. The van der Waals surface area contributed by atoms with Gasteiger partial charge in [0.25, 0.3) is 0 Å². The van der Waals surface area contributed by atoms with Crippen LogP contribution in [0, 0.1) is 16.0 Å². The Morgan fingerprint density at radius 1 is 1.16 bits per heavy atom. The molecular weight excluding hydrogens is 322 g/mol. The summed E-state index contributed by atoms with van der Waals surface area (Å²) in [5, 5.41) is 19.3. The van der Waals surface area contributed by atoms with Crippen LogP contribution in [0.5, 0.6) is 0 Å². The third-order valence-corrected chi connectivity index (χ3v) is 6.23. The van der Waals surface area contributed by atoms with Gasteiger partial charge in [-0.2, -0.15) is 5.23 Å². The van der Waals surface area contributed by atoms with E-state index in [2.05, 4.69) is 23.6 Å². The van der Waals surface area contributed by atoms with Crippen molar-refractivity contribution in [3.8, 4) is 0 Å². The molecule has 1 aromatic rings. The van der Waals surface area contributed by atoms with Crippen LogP contribution in [-0.4, -0.2) is 47.0 Å². The second-order valence-electron chi connectivity index (χ2n) is 8.08. The Balaban J connectivity index is 1.69. The minimum Gasteiger partial charge on any atom is -0.592 e. The molecular formula is C18H27N3O4. The van der Waals surface area contributed by atoms with E-state index in [0.717, 1.165) is 51.9 Å². The van der Waals surface area contributed by atoms with E-state index < -0.39 is 5.23 Å². The zero-order valence-electron chi connectivity index (χ0n) is 15.0. The van der Waals surface area contributed by atoms with Gasteiger partial charge in [-0.15, -0.1) is 0 Å². The fraction of sp³-hybridized carbons (Fsp3) is 0.722. The molecule has 0 spiro atoms. The molecule has 0 amide bonds. The monoisotopic (exact) mass is 349 g/mol. The summed E-state index contributed by atoms with van der Waals surface area (Å²) in [6, 6.07) is 3.30. The molecule has 0 aliphatic carbocycles. The number of rotatable bonds is 6. The lowest BCUT2D eigenvalue weighted by Crippen LogP contribution is -2.99. The van der Waals surface area contributed by atoms with Crippen molar-refractivity contribution in [2.24, 2.45) is 10.8 Å². The summed E-state index contributed by atoms with van der Waals surface area (Å²) in [6.45, 7) is 7.33. The molecule has 5 rings (SSSR count). The first-order chi connectivity index (χ1) is 11.9. The lowest BCUT2D eigenvalue weighted by molar-refractivity contribution is -0.997. The van der Waals surface area contributed by atoms with Gasteiger partial charge in [0, 0.05) is 32.2 Å². The zero-order valence-corrected chi connectivity index (χ0v) is 15.0. The number of furan rings is 1. The van der Waals surface area contributed by atoms with Crippen LogP contribution in [0.25, 0.3) is 0 Å². The molecule has 4 aliphatic heterocycles. The molecule has 0 saturated carbocycles. The van der Waals surface area contributed by atoms with Gasteiger partial charge in [-0.3, -0.25) is 14.6 Å². The van der Waals surface area contributed by atoms with Crippen LogP contribution in [0.15, 0.2) is 16.5 Å². The van der Waals surface area contributed by atoms with Crippen LogP contribution in [-0.2, 0) is 4.79 Å². The van der Waals surface area contributed by atoms with E-state index in [4.69, 9.17) is 9.62 Å². The molecule has 0 aromatic carbocycles. The summed E-state index contributed by atoms with van der Waals surface area (Å²) in [5.41, 5.74) is -0.529. The van der Waals surface area contributed by atoms with Gasteiger partial charge in [0.15, 0.2) is 0 Å². The Bertz CT molecular complexity index is 627. The van der Waals surface area contributed by atoms with Crippen molar-refractivity contribution in [1.29, 1.82) is 0 Å². The predicted octanol–water partition coefficient (Wildman–Crippen LogP) is 1.47. The van der Waals surface area contributed by atoms with Gasteiger partial charge in [0.05, 0.1) is 10.8 Å². The molecule has 1 atom stereocenters. The number of nitrogens with zero attached hydrogens (tertiary/aromatic N) is 2. The third-order valence-electron chi connectivity index (χ3n) is 6.23. The quantitative estimate of drug-likeness (QED) is 0.757. The minimum absolute atomic E-state index is 0.0196. The van der Waals surface area contributed by atoms with Crippen molar-refractivity contribution in [2.75, 3.05) is 26.2 Å². The fourth-order valence-electron chi connectivity index (χ4n) is 5.66. The largest absolute Gasteiger partial charge is 0.592 e. The Labute approximate surface area is 147 Å². The molecule has 4 aliphatic rings. The summed E-state index contributed by atoms with van der Waals surface area (Å²) in [6.07, 6.45) is 3.82. The molecule has 1 aromatic heterocycles. The molecule has 4 bridgehead atoms. The lowest BCUT2D eigenvalue weighted by atomic mass is 9.57. The van der Waals surface area contributed by atoms with E-state index in [1.807, 2.05) is 0 Å². The highest BCUT2D eigenvalue weighted by Gasteiger charge is 2.65. The number of ketones is 1. The van der Waals surface area contributed by atoms with Crippen molar-refractivity contribution >= 4 is 11.7 Å². The molecule has 25 heavy (non-hydrogen) atoms. The van der Waals surface area contributed by atoms with Gasteiger partial charge in [0.2, 0.25) is 0 Å². The number of nitrogens with one attached hydrogen (secondary N) is 1. The first kappa shape index (κ1) is 17.2. The molecule has 7 heteroatoms. The molecule has 2 N–H and O–H groups in total. The molecule has 0 radical (unpaired) electrons. The summed E-state index contributed by atoms with van der Waals surface area (Å²) in [4.78, 5) is 18.1. The van der Waals surface area contributed by atoms with E-state index in [9.17, 15) is 10.0 Å². The van der Waals surface area contributed by atoms with Gasteiger partial charge in [-0.1, -0.05) is 26.7 Å². The van der Waals surface area contributed by atoms with Crippen molar-refractivity contribution in [1.82, 2.24) is 9.80 Å². The molecule has 4 fully saturated rings. The maximum atomic E-state index is 13.4. The van der Waals surface area contributed by atoms with Crippen LogP contribution < -0.4 is 5.23 Å². The van der Waals surface area contributed by atoms with Crippen molar-refractivity contribution < 1.29 is 19.6 Å². The normalized spacial score (nSPS) is 40.6. The fourth-order valence-corrected chi connectivity index (χ4v) is 5.66. The standard InChI is InChI=1S/C18H27N3O4/c1-3-7-17-9-19-11-18(8-4-2,16(17)22)12-20(10-17)15(19)13-5-6-14(25-13)21(23)24/h5-6,15,21,23H,3-4,7-12H2,1-2H3. The molecule has 7 nitrogen and oxygen atoms in total. The van der Waals surface area contributed by atoms with Crippen LogP contribution in [0.4, 0.5) is 5.88 Å². The number of Topliss-reactive ketones (excluding diaryl/α,β-unsaturated/α-hetero) is 1. The van der Waals surface area contributed by atoms with Crippen LogP contribution in [0.2, 0.25) is 0 Å². The Kier molecular flexibility index (Phi) is 4.05. The molecule has 1 unspecified atom stereocenters. The predicted molar refractivity (Wildman–Crippen MR) is 90.1 cm³/mol. The molecule has 138 valence electrons. The van der Waals surface area contributed by atoms with Gasteiger partial charge in [-0.05, 0) is 18.9 Å². The second-order valence-corrected chi connectivity index (χ2v) is 8.08. The first-order valence-electron chi connectivity index (χ1n) is 9.31. The van der Waals surface area contributed by atoms with E-state index in [1.54, 1.807) is 6.07 Å². The van der Waals surface area contributed by atoms with Crippen LogP contribution in [0.3, 0.4) is 0 Å². The van der Waals surface area contributed by atoms with Gasteiger partial charge < -0.3 is 9.62 Å². The number of hydrogen-bond acceptors (Lipinski definition) is 6. The summed E-state index contributed by atoms with van der Waals surface area (Å²) in [7, 11) is 0. The highest BCUT2D eigenvalue weighted by atomic mass is 16.8. The maximum absolute atomic E-state index is 13.4.